The molecule has 0 atom stereocenters. The molecule has 0 aromatic carbocycles. The SMILES string of the molecule is COC1(C)COC1.C[B-](F)(F)F. The summed E-state index contributed by atoms with van der Waals surface area (Å²) in [5.41, 5.74) is 0.0417. The Hall–Kier alpha value is -0.225. The summed E-state index contributed by atoms with van der Waals surface area (Å²) in [6, 6.07) is 0. The highest BCUT2D eigenvalue weighted by Gasteiger charge is 2.32. The van der Waals surface area contributed by atoms with E-state index in [2.05, 4.69) is 0 Å². The first kappa shape index (κ1) is 11.8. The van der Waals surface area contributed by atoms with Crippen LogP contribution in [0.1, 0.15) is 6.92 Å². The molecule has 1 rings (SSSR count). The number of ether oxygens (including phenoxy) is 2. The topological polar surface area (TPSA) is 18.5 Å². The molecule has 1 aliphatic rings. The Morgan fingerprint density at radius 3 is 1.67 bits per heavy atom. The van der Waals surface area contributed by atoms with Gasteiger partial charge in [0.2, 0.25) is 0 Å². The van der Waals surface area contributed by atoms with E-state index in [9.17, 15) is 12.9 Å². The van der Waals surface area contributed by atoms with Crippen molar-refractivity contribution in [2.75, 3.05) is 20.3 Å². The molecule has 0 bridgehead atoms. The van der Waals surface area contributed by atoms with Gasteiger partial charge in [-0.15, -0.1) is 0 Å². The van der Waals surface area contributed by atoms with E-state index >= 15 is 0 Å². The molecule has 0 aliphatic carbocycles. The van der Waals surface area contributed by atoms with E-state index in [1.165, 1.54) is 0 Å². The van der Waals surface area contributed by atoms with Crippen molar-refractivity contribution in [3.8, 4) is 0 Å². The lowest BCUT2D eigenvalue weighted by Gasteiger charge is -2.36. The van der Waals surface area contributed by atoms with Crippen LogP contribution in [0.4, 0.5) is 12.9 Å². The fraction of sp³-hybridized carbons (Fsp3) is 1.00. The molecule has 74 valence electrons. The molecule has 1 heterocycles. The van der Waals surface area contributed by atoms with Crippen LogP contribution < -0.4 is 0 Å². The summed E-state index contributed by atoms with van der Waals surface area (Å²) < 4.78 is 41.2. The van der Waals surface area contributed by atoms with Crippen LogP contribution in [0.5, 0.6) is 0 Å². The van der Waals surface area contributed by atoms with Crippen LogP contribution >= 0.6 is 0 Å². The molecule has 0 unspecified atom stereocenters. The van der Waals surface area contributed by atoms with Crippen molar-refractivity contribution < 1.29 is 22.4 Å². The predicted molar refractivity (Wildman–Crippen MR) is 41.2 cm³/mol. The fourth-order valence-electron chi connectivity index (χ4n) is 0.507. The number of rotatable bonds is 1. The Labute approximate surface area is 70.1 Å². The molecule has 0 saturated carbocycles. The van der Waals surface area contributed by atoms with Crippen LogP contribution in [-0.4, -0.2) is 32.9 Å². The molecule has 1 saturated heterocycles. The van der Waals surface area contributed by atoms with Crippen LogP contribution in [-0.2, 0) is 9.47 Å². The third-order valence-corrected chi connectivity index (χ3v) is 1.31. The van der Waals surface area contributed by atoms with Crippen LogP contribution in [0.3, 0.4) is 0 Å². The number of hydrogen-bond donors (Lipinski definition) is 0. The second kappa shape index (κ2) is 4.14. The predicted octanol–water partition coefficient (Wildman–Crippen LogP) is 1.89. The molecule has 2 nitrogen and oxygen atoms in total. The van der Waals surface area contributed by atoms with Gasteiger partial charge in [0.1, 0.15) is 5.60 Å². The normalized spacial score (nSPS) is 20.5. The van der Waals surface area contributed by atoms with Gasteiger partial charge < -0.3 is 22.4 Å². The lowest BCUT2D eigenvalue weighted by Crippen LogP contribution is -2.48. The molecular weight excluding hydrogens is 172 g/mol. The van der Waals surface area contributed by atoms with Crippen molar-refractivity contribution in [3.63, 3.8) is 0 Å². The zero-order chi connectivity index (χ0) is 9.83. The average Bonchev–Trinajstić information content (AvgIpc) is 1.79. The van der Waals surface area contributed by atoms with E-state index in [1.54, 1.807) is 7.11 Å². The molecule has 1 fully saturated rings. The van der Waals surface area contributed by atoms with Crippen molar-refractivity contribution in [1.82, 2.24) is 0 Å². The summed E-state index contributed by atoms with van der Waals surface area (Å²) in [6.07, 6.45) is 0. The van der Waals surface area contributed by atoms with Gasteiger partial charge in [-0.05, 0) is 6.92 Å². The lowest BCUT2D eigenvalue weighted by atomic mass is 9.99. The Morgan fingerprint density at radius 2 is 1.67 bits per heavy atom. The highest BCUT2D eigenvalue weighted by Crippen LogP contribution is 2.18. The molecule has 0 aromatic rings. The summed E-state index contributed by atoms with van der Waals surface area (Å²) in [6.45, 7) is -0.705. The molecule has 0 N–H and O–H groups in total. The summed E-state index contributed by atoms with van der Waals surface area (Å²) in [5.74, 6) is 0. The monoisotopic (exact) mass is 185 g/mol. The van der Waals surface area contributed by atoms with Crippen molar-refractivity contribution in [2.45, 2.75) is 19.3 Å². The van der Waals surface area contributed by atoms with E-state index < -0.39 is 6.98 Å². The summed E-state index contributed by atoms with van der Waals surface area (Å²) in [5, 5.41) is 0. The van der Waals surface area contributed by atoms with Crippen LogP contribution in [0.15, 0.2) is 0 Å². The molecule has 12 heavy (non-hydrogen) atoms. The maximum Gasteiger partial charge on any atom is 0.475 e. The summed E-state index contributed by atoms with van der Waals surface area (Å²) in [4.78, 5) is 0. The van der Waals surface area contributed by atoms with Crippen LogP contribution in [0.2, 0.25) is 6.82 Å². The summed E-state index contributed by atoms with van der Waals surface area (Å²) >= 11 is 0. The summed E-state index contributed by atoms with van der Waals surface area (Å²) in [7, 11) is 1.71. The van der Waals surface area contributed by atoms with E-state index in [4.69, 9.17) is 9.47 Å². The van der Waals surface area contributed by atoms with E-state index in [1.807, 2.05) is 6.92 Å². The Kier molecular flexibility index (Phi) is 4.06. The first-order chi connectivity index (χ1) is 5.27. The molecule has 6 heteroatoms. The van der Waals surface area contributed by atoms with Gasteiger partial charge in [0.15, 0.2) is 0 Å². The molecular formula is C6H13BF3O2-. The van der Waals surface area contributed by atoms with E-state index in [-0.39, 0.29) is 12.4 Å². The second-order valence-electron chi connectivity index (χ2n) is 3.05. The van der Waals surface area contributed by atoms with Crippen LogP contribution in [0, 0.1) is 0 Å². The van der Waals surface area contributed by atoms with Crippen molar-refractivity contribution in [1.29, 1.82) is 0 Å². The van der Waals surface area contributed by atoms with Gasteiger partial charge in [-0.3, -0.25) is 0 Å². The minimum atomic E-state index is -4.50. The minimum absolute atomic E-state index is 0.0417. The second-order valence-corrected chi connectivity index (χ2v) is 3.05. The van der Waals surface area contributed by atoms with Gasteiger partial charge in [0, 0.05) is 7.11 Å². The smallest absolute Gasteiger partial charge is 0.449 e. The van der Waals surface area contributed by atoms with Gasteiger partial charge >= 0.3 is 6.98 Å². The Bertz CT molecular complexity index is 122. The first-order valence-corrected chi connectivity index (χ1v) is 3.63. The molecule has 0 radical (unpaired) electrons. The number of hydrogen-bond acceptors (Lipinski definition) is 2. The lowest BCUT2D eigenvalue weighted by molar-refractivity contribution is -0.184. The van der Waals surface area contributed by atoms with Crippen molar-refractivity contribution in [3.05, 3.63) is 0 Å². The highest BCUT2D eigenvalue weighted by atomic mass is 19.4. The maximum absolute atomic E-state index is 10.4. The Balaban J connectivity index is 0.000000217. The van der Waals surface area contributed by atoms with Gasteiger partial charge in [-0.25, -0.2) is 0 Å². The maximum atomic E-state index is 10.4. The molecule has 1 aliphatic heterocycles. The van der Waals surface area contributed by atoms with E-state index in [0.29, 0.717) is 0 Å². The zero-order valence-electron chi connectivity index (χ0n) is 7.44. The zero-order valence-corrected chi connectivity index (χ0v) is 7.44. The molecule has 0 amide bonds. The van der Waals surface area contributed by atoms with Gasteiger partial charge in [0.05, 0.1) is 13.2 Å². The van der Waals surface area contributed by atoms with Gasteiger partial charge in [-0.2, -0.15) is 0 Å². The van der Waals surface area contributed by atoms with Crippen molar-refractivity contribution >= 4 is 6.98 Å². The largest absolute Gasteiger partial charge is 0.475 e. The third kappa shape index (κ3) is 6.48. The quantitative estimate of drug-likeness (QED) is 0.580. The highest BCUT2D eigenvalue weighted by molar-refractivity contribution is 6.56. The van der Waals surface area contributed by atoms with Crippen molar-refractivity contribution in [2.24, 2.45) is 0 Å². The first-order valence-electron chi connectivity index (χ1n) is 3.63. The Morgan fingerprint density at radius 1 is 1.33 bits per heavy atom. The molecule has 0 aromatic heterocycles. The standard InChI is InChI=1S/C5H10O2.CH3BF3/c1-5(6-2)3-7-4-5;1-2(3,4)5/h3-4H2,1-2H3;1H3/q;-1. The van der Waals surface area contributed by atoms with E-state index in [0.717, 1.165) is 13.2 Å². The number of methoxy groups -OCH3 is 1. The van der Waals surface area contributed by atoms with Gasteiger partial charge in [-0.1, -0.05) is 6.82 Å². The van der Waals surface area contributed by atoms with Gasteiger partial charge in [0.25, 0.3) is 0 Å². The minimum Gasteiger partial charge on any atom is -0.449 e. The number of halogens is 3. The molecule has 0 spiro atoms. The fourth-order valence-corrected chi connectivity index (χ4v) is 0.507. The average molecular weight is 185 g/mol. The van der Waals surface area contributed by atoms with Crippen LogP contribution in [0.25, 0.3) is 0 Å². The third-order valence-electron chi connectivity index (χ3n) is 1.31.